The zero-order valence-corrected chi connectivity index (χ0v) is 14.0. The average molecular weight is 311 g/mol. The molecule has 23 heavy (non-hydrogen) atoms. The van der Waals surface area contributed by atoms with Gasteiger partial charge in [-0.15, -0.1) is 0 Å². The SMILES string of the molecule is CC(C)(C)c1cccc(C=N[C@H](CO)Cc2ccccc2)c1O. The van der Waals surface area contributed by atoms with Crippen LogP contribution in [0.4, 0.5) is 0 Å². The van der Waals surface area contributed by atoms with Crippen LogP contribution in [0.25, 0.3) is 0 Å². The van der Waals surface area contributed by atoms with Gasteiger partial charge in [0.05, 0.1) is 12.6 Å². The smallest absolute Gasteiger partial charge is 0.128 e. The fraction of sp³-hybridized carbons (Fsp3) is 0.350. The van der Waals surface area contributed by atoms with Crippen LogP contribution in [0.3, 0.4) is 0 Å². The first-order valence-corrected chi connectivity index (χ1v) is 7.92. The Morgan fingerprint density at radius 1 is 1.04 bits per heavy atom. The lowest BCUT2D eigenvalue weighted by Gasteiger charge is -2.21. The van der Waals surface area contributed by atoms with Crippen molar-refractivity contribution in [2.45, 2.75) is 38.6 Å². The zero-order valence-electron chi connectivity index (χ0n) is 14.0. The third-order valence-electron chi connectivity index (χ3n) is 3.82. The summed E-state index contributed by atoms with van der Waals surface area (Å²) in [6, 6.07) is 15.5. The maximum atomic E-state index is 10.4. The van der Waals surface area contributed by atoms with Gasteiger partial charge in [0.1, 0.15) is 5.75 Å². The molecule has 2 aromatic carbocycles. The molecule has 0 aliphatic carbocycles. The van der Waals surface area contributed by atoms with E-state index in [0.717, 1.165) is 11.1 Å². The van der Waals surface area contributed by atoms with Crippen LogP contribution in [0.2, 0.25) is 0 Å². The Hall–Kier alpha value is -2.13. The highest BCUT2D eigenvalue weighted by molar-refractivity contribution is 5.84. The molecule has 0 aliphatic heterocycles. The average Bonchev–Trinajstić information content (AvgIpc) is 2.52. The molecule has 2 aromatic rings. The van der Waals surface area contributed by atoms with E-state index in [0.29, 0.717) is 12.0 Å². The van der Waals surface area contributed by atoms with Crippen molar-refractivity contribution >= 4 is 6.21 Å². The van der Waals surface area contributed by atoms with Gasteiger partial charge in [0, 0.05) is 11.8 Å². The van der Waals surface area contributed by atoms with Crippen molar-refractivity contribution in [3.63, 3.8) is 0 Å². The minimum absolute atomic E-state index is 0.0227. The van der Waals surface area contributed by atoms with Crippen molar-refractivity contribution in [1.29, 1.82) is 0 Å². The zero-order chi connectivity index (χ0) is 16.9. The van der Waals surface area contributed by atoms with E-state index >= 15 is 0 Å². The number of aliphatic hydroxyl groups is 1. The third-order valence-corrected chi connectivity index (χ3v) is 3.82. The van der Waals surface area contributed by atoms with Gasteiger partial charge < -0.3 is 10.2 Å². The number of rotatable bonds is 5. The molecule has 2 rings (SSSR count). The van der Waals surface area contributed by atoms with E-state index in [2.05, 4.69) is 25.8 Å². The summed E-state index contributed by atoms with van der Waals surface area (Å²) in [7, 11) is 0. The first-order chi connectivity index (χ1) is 10.9. The second kappa shape index (κ2) is 7.42. The second-order valence-corrected chi connectivity index (χ2v) is 6.80. The Labute approximate surface area is 138 Å². The molecule has 122 valence electrons. The summed E-state index contributed by atoms with van der Waals surface area (Å²) >= 11 is 0. The fourth-order valence-electron chi connectivity index (χ4n) is 2.51. The lowest BCUT2D eigenvalue weighted by atomic mass is 9.85. The Morgan fingerprint density at radius 3 is 2.35 bits per heavy atom. The highest BCUT2D eigenvalue weighted by atomic mass is 16.3. The predicted molar refractivity (Wildman–Crippen MR) is 95.4 cm³/mol. The highest BCUT2D eigenvalue weighted by Gasteiger charge is 2.19. The molecule has 1 atom stereocenters. The molecular formula is C20H25NO2. The summed E-state index contributed by atoms with van der Waals surface area (Å²) in [5, 5.41) is 20.0. The van der Waals surface area contributed by atoms with E-state index in [1.165, 1.54) is 0 Å². The van der Waals surface area contributed by atoms with Crippen LogP contribution >= 0.6 is 0 Å². The summed E-state index contributed by atoms with van der Waals surface area (Å²) in [6.45, 7) is 6.17. The minimum atomic E-state index is -0.213. The van der Waals surface area contributed by atoms with Gasteiger partial charge in [-0.1, -0.05) is 63.2 Å². The molecule has 3 heteroatoms. The van der Waals surface area contributed by atoms with Gasteiger partial charge in [-0.05, 0) is 29.0 Å². The van der Waals surface area contributed by atoms with Crippen LogP contribution < -0.4 is 0 Å². The number of phenolic OH excluding ortho intramolecular Hbond substituents is 1. The molecule has 0 amide bonds. The number of hydrogen-bond acceptors (Lipinski definition) is 3. The lowest BCUT2D eigenvalue weighted by Crippen LogP contribution is -2.14. The van der Waals surface area contributed by atoms with Gasteiger partial charge >= 0.3 is 0 Å². The van der Waals surface area contributed by atoms with Crippen molar-refractivity contribution < 1.29 is 10.2 Å². The first-order valence-electron chi connectivity index (χ1n) is 7.92. The van der Waals surface area contributed by atoms with Crippen molar-refractivity contribution in [1.82, 2.24) is 0 Å². The van der Waals surface area contributed by atoms with Gasteiger partial charge in [-0.25, -0.2) is 0 Å². The maximum Gasteiger partial charge on any atom is 0.128 e. The van der Waals surface area contributed by atoms with Crippen LogP contribution in [0, 0.1) is 0 Å². The standard InChI is InChI=1S/C20H25NO2/c1-20(2,3)18-11-7-10-16(19(18)23)13-21-17(14-22)12-15-8-5-4-6-9-15/h4-11,13,17,22-23H,12,14H2,1-3H3/t17-/m0/s1. The van der Waals surface area contributed by atoms with E-state index in [1.807, 2.05) is 48.5 Å². The van der Waals surface area contributed by atoms with E-state index in [1.54, 1.807) is 6.21 Å². The number of hydrogen-bond donors (Lipinski definition) is 2. The maximum absolute atomic E-state index is 10.4. The fourth-order valence-corrected chi connectivity index (χ4v) is 2.51. The summed E-state index contributed by atoms with van der Waals surface area (Å²) < 4.78 is 0. The quantitative estimate of drug-likeness (QED) is 0.827. The van der Waals surface area contributed by atoms with Crippen LogP contribution in [0.5, 0.6) is 5.75 Å². The summed E-state index contributed by atoms with van der Waals surface area (Å²) in [5.41, 5.74) is 2.58. The number of benzene rings is 2. The Kier molecular flexibility index (Phi) is 5.56. The summed E-state index contributed by atoms with van der Waals surface area (Å²) in [5.74, 6) is 0.264. The molecule has 0 aliphatic rings. The molecule has 0 unspecified atom stereocenters. The molecule has 0 aromatic heterocycles. The Balaban J connectivity index is 2.18. The number of phenols is 1. The van der Waals surface area contributed by atoms with Crippen molar-refractivity contribution in [2.75, 3.05) is 6.61 Å². The monoisotopic (exact) mass is 311 g/mol. The Morgan fingerprint density at radius 2 is 1.74 bits per heavy atom. The van der Waals surface area contributed by atoms with Crippen LogP contribution in [-0.4, -0.2) is 29.1 Å². The van der Waals surface area contributed by atoms with Gasteiger partial charge in [-0.3, -0.25) is 4.99 Å². The van der Waals surface area contributed by atoms with Crippen molar-refractivity contribution in [2.24, 2.45) is 4.99 Å². The van der Waals surface area contributed by atoms with E-state index in [4.69, 9.17) is 0 Å². The lowest BCUT2D eigenvalue weighted by molar-refractivity contribution is 0.266. The normalized spacial score (nSPS) is 13.4. The van der Waals surface area contributed by atoms with Gasteiger partial charge in [0.15, 0.2) is 0 Å². The number of aromatic hydroxyl groups is 1. The molecule has 0 bridgehead atoms. The third kappa shape index (κ3) is 4.67. The Bertz CT molecular complexity index is 657. The van der Waals surface area contributed by atoms with Gasteiger partial charge in [0.25, 0.3) is 0 Å². The minimum Gasteiger partial charge on any atom is -0.507 e. The predicted octanol–water partition coefficient (Wildman–Crippen LogP) is 3.71. The van der Waals surface area contributed by atoms with E-state index < -0.39 is 0 Å². The van der Waals surface area contributed by atoms with Crippen molar-refractivity contribution in [3.8, 4) is 5.75 Å². The topological polar surface area (TPSA) is 52.8 Å². The van der Waals surface area contributed by atoms with E-state index in [9.17, 15) is 10.2 Å². The number of para-hydroxylation sites is 1. The number of nitrogens with zero attached hydrogens (tertiary/aromatic N) is 1. The largest absolute Gasteiger partial charge is 0.507 e. The molecule has 0 heterocycles. The molecule has 0 fully saturated rings. The molecule has 3 nitrogen and oxygen atoms in total. The van der Waals surface area contributed by atoms with Crippen LogP contribution in [0.15, 0.2) is 53.5 Å². The molecule has 0 saturated carbocycles. The molecule has 0 saturated heterocycles. The van der Waals surface area contributed by atoms with Crippen LogP contribution in [-0.2, 0) is 11.8 Å². The molecular weight excluding hydrogens is 286 g/mol. The molecule has 2 N–H and O–H groups in total. The van der Waals surface area contributed by atoms with Gasteiger partial charge in [0.2, 0.25) is 0 Å². The number of aliphatic hydroxyl groups excluding tert-OH is 1. The molecule has 0 spiro atoms. The van der Waals surface area contributed by atoms with Crippen LogP contribution in [0.1, 0.15) is 37.5 Å². The number of aliphatic imine (C=N–C) groups is 1. The summed E-state index contributed by atoms with van der Waals surface area (Å²) in [4.78, 5) is 4.46. The summed E-state index contributed by atoms with van der Waals surface area (Å²) in [6.07, 6.45) is 2.34. The van der Waals surface area contributed by atoms with Crippen molar-refractivity contribution in [3.05, 3.63) is 65.2 Å². The molecule has 0 radical (unpaired) electrons. The second-order valence-electron chi connectivity index (χ2n) is 6.80. The highest BCUT2D eigenvalue weighted by Crippen LogP contribution is 2.32. The first kappa shape index (κ1) is 17.2. The van der Waals surface area contributed by atoms with Gasteiger partial charge in [-0.2, -0.15) is 0 Å². The van der Waals surface area contributed by atoms with E-state index in [-0.39, 0.29) is 23.8 Å².